The summed E-state index contributed by atoms with van der Waals surface area (Å²) < 4.78 is 0.250. The smallest absolute Gasteiger partial charge is 0.269 e. The van der Waals surface area contributed by atoms with E-state index in [1.165, 1.54) is 30.5 Å². The monoisotopic (exact) mass is 368 g/mol. The summed E-state index contributed by atoms with van der Waals surface area (Å²) in [6.07, 6.45) is 1.45. The fourth-order valence-electron chi connectivity index (χ4n) is 1.95. The highest BCUT2D eigenvalue weighted by Crippen LogP contribution is 2.37. The van der Waals surface area contributed by atoms with Gasteiger partial charge in [0.1, 0.15) is 10.8 Å². The molecule has 0 saturated carbocycles. The van der Waals surface area contributed by atoms with Crippen LogP contribution in [-0.2, 0) is 0 Å². The maximum Gasteiger partial charge on any atom is 0.269 e. The summed E-state index contributed by atoms with van der Waals surface area (Å²) in [6.45, 7) is 0. The van der Waals surface area contributed by atoms with E-state index >= 15 is 0 Å². The van der Waals surface area contributed by atoms with Crippen LogP contribution in [0.15, 0.2) is 30.5 Å². The van der Waals surface area contributed by atoms with E-state index in [9.17, 15) is 14.9 Å². The molecule has 0 aliphatic heterocycles. The SMILES string of the molecule is O=C(c1ccc([N+](=O)[O-])cc1)c1[nH]ncc1-c1sc(Cl)nc1Cl. The largest absolute Gasteiger partial charge is 0.287 e. The minimum absolute atomic E-state index is 0.0938. The molecule has 3 rings (SSSR count). The Kier molecular flexibility index (Phi) is 4.12. The van der Waals surface area contributed by atoms with Gasteiger partial charge in [0, 0.05) is 23.3 Å². The molecule has 0 aliphatic rings. The van der Waals surface area contributed by atoms with Crippen LogP contribution in [0.5, 0.6) is 0 Å². The number of hydrogen-bond acceptors (Lipinski definition) is 6. The second-order valence-electron chi connectivity index (χ2n) is 4.38. The predicted octanol–water partition coefficient (Wildman–Crippen LogP) is 3.98. The van der Waals surface area contributed by atoms with Crippen LogP contribution in [0.4, 0.5) is 5.69 Å². The van der Waals surface area contributed by atoms with Crippen molar-refractivity contribution in [3.63, 3.8) is 0 Å². The lowest BCUT2D eigenvalue weighted by atomic mass is 10.0. The number of halogens is 2. The minimum atomic E-state index is -0.533. The molecular weight excluding hydrogens is 363 g/mol. The van der Waals surface area contributed by atoms with Crippen molar-refractivity contribution in [3.05, 3.63) is 61.5 Å². The second kappa shape index (κ2) is 6.07. The van der Waals surface area contributed by atoms with E-state index in [1.54, 1.807) is 0 Å². The molecule has 0 spiro atoms. The third-order valence-electron chi connectivity index (χ3n) is 3.01. The van der Waals surface area contributed by atoms with Gasteiger partial charge in [-0.2, -0.15) is 5.10 Å². The van der Waals surface area contributed by atoms with Crippen molar-refractivity contribution in [3.8, 4) is 10.4 Å². The second-order valence-corrected chi connectivity index (χ2v) is 6.32. The number of H-pyrrole nitrogens is 1. The third kappa shape index (κ3) is 2.96. The van der Waals surface area contributed by atoms with E-state index in [0.29, 0.717) is 10.4 Å². The molecule has 0 atom stereocenters. The summed E-state index contributed by atoms with van der Waals surface area (Å²) in [5, 5.41) is 17.3. The zero-order valence-electron chi connectivity index (χ0n) is 11.1. The number of carbonyl (C=O) groups excluding carboxylic acids is 1. The van der Waals surface area contributed by atoms with Gasteiger partial charge in [-0.25, -0.2) is 4.98 Å². The van der Waals surface area contributed by atoms with Crippen LogP contribution in [0, 0.1) is 10.1 Å². The van der Waals surface area contributed by atoms with E-state index in [4.69, 9.17) is 23.2 Å². The lowest BCUT2D eigenvalue weighted by molar-refractivity contribution is -0.384. The van der Waals surface area contributed by atoms with E-state index < -0.39 is 4.92 Å². The molecule has 7 nitrogen and oxygen atoms in total. The standard InChI is InChI=1S/C13H6Cl2N4O3S/c14-12-11(23-13(15)17-12)8-5-16-18-9(8)10(20)6-1-3-7(4-2-6)19(21)22/h1-5H,(H,16,18). The van der Waals surface area contributed by atoms with Crippen LogP contribution < -0.4 is 0 Å². The van der Waals surface area contributed by atoms with E-state index in [0.717, 1.165) is 11.3 Å². The maximum absolute atomic E-state index is 12.6. The number of aromatic amines is 1. The van der Waals surface area contributed by atoms with Crippen LogP contribution in [0.1, 0.15) is 16.1 Å². The first-order valence-electron chi connectivity index (χ1n) is 6.12. The topological polar surface area (TPSA) is 102 Å². The fourth-order valence-corrected chi connectivity index (χ4v) is 3.36. The Labute approximate surface area is 143 Å². The van der Waals surface area contributed by atoms with Gasteiger partial charge >= 0.3 is 0 Å². The molecule has 2 aromatic heterocycles. The number of aromatic nitrogens is 3. The Balaban J connectivity index is 1.99. The highest BCUT2D eigenvalue weighted by atomic mass is 35.5. The van der Waals surface area contributed by atoms with Crippen molar-refractivity contribution < 1.29 is 9.72 Å². The molecule has 0 aliphatic carbocycles. The normalized spacial score (nSPS) is 10.7. The molecule has 1 N–H and O–H groups in total. The first-order valence-corrected chi connectivity index (χ1v) is 7.69. The number of hydrogen-bond donors (Lipinski definition) is 1. The minimum Gasteiger partial charge on any atom is -0.287 e. The molecule has 0 amide bonds. The average molecular weight is 369 g/mol. The average Bonchev–Trinajstić information content (AvgIpc) is 3.12. The van der Waals surface area contributed by atoms with Crippen molar-refractivity contribution in [1.82, 2.24) is 15.2 Å². The molecule has 0 radical (unpaired) electrons. The predicted molar refractivity (Wildman–Crippen MR) is 86.2 cm³/mol. The third-order valence-corrected chi connectivity index (χ3v) is 4.59. The fraction of sp³-hybridized carbons (Fsp3) is 0. The molecule has 23 heavy (non-hydrogen) atoms. The van der Waals surface area contributed by atoms with Gasteiger partial charge in [-0.05, 0) is 12.1 Å². The molecule has 116 valence electrons. The summed E-state index contributed by atoms with van der Waals surface area (Å²) in [6, 6.07) is 5.29. The van der Waals surface area contributed by atoms with Crippen molar-refractivity contribution in [2.24, 2.45) is 0 Å². The van der Waals surface area contributed by atoms with Crippen LogP contribution in [0.3, 0.4) is 0 Å². The zero-order valence-corrected chi connectivity index (χ0v) is 13.4. The van der Waals surface area contributed by atoms with Crippen molar-refractivity contribution in [2.75, 3.05) is 0 Å². The van der Waals surface area contributed by atoms with Gasteiger partial charge in [-0.3, -0.25) is 20.0 Å². The van der Waals surface area contributed by atoms with Crippen LogP contribution in [0.2, 0.25) is 9.62 Å². The number of carbonyl (C=O) groups is 1. The van der Waals surface area contributed by atoms with Gasteiger partial charge in [-0.1, -0.05) is 23.2 Å². The summed E-state index contributed by atoms with van der Waals surface area (Å²) in [7, 11) is 0. The molecule has 2 heterocycles. The number of rotatable bonds is 4. The van der Waals surface area contributed by atoms with Gasteiger partial charge in [0.05, 0.1) is 16.0 Å². The van der Waals surface area contributed by atoms with Gasteiger partial charge in [-0.15, -0.1) is 11.3 Å². The summed E-state index contributed by atoms with van der Waals surface area (Å²) in [4.78, 5) is 27.1. The number of nitro benzene ring substituents is 1. The van der Waals surface area contributed by atoms with Crippen molar-refractivity contribution >= 4 is 46.0 Å². The van der Waals surface area contributed by atoms with Gasteiger partial charge in [0.25, 0.3) is 5.69 Å². The van der Waals surface area contributed by atoms with Gasteiger partial charge < -0.3 is 0 Å². The van der Waals surface area contributed by atoms with E-state index in [-0.39, 0.29) is 32.3 Å². The molecule has 1 aromatic carbocycles. The zero-order chi connectivity index (χ0) is 16.6. The molecule has 0 fully saturated rings. The molecule has 0 bridgehead atoms. The lowest BCUT2D eigenvalue weighted by Crippen LogP contribution is -2.03. The lowest BCUT2D eigenvalue weighted by Gasteiger charge is -2.01. The quantitative estimate of drug-likeness (QED) is 0.426. The Morgan fingerprint density at radius 3 is 2.52 bits per heavy atom. The van der Waals surface area contributed by atoms with Crippen LogP contribution in [-0.4, -0.2) is 25.9 Å². The molecule has 0 saturated heterocycles. The number of ketones is 1. The number of nitrogens with zero attached hydrogens (tertiary/aromatic N) is 3. The highest BCUT2D eigenvalue weighted by molar-refractivity contribution is 7.19. The molecule has 10 heteroatoms. The molecular formula is C13H6Cl2N4O3S. The number of nitro groups is 1. The highest BCUT2D eigenvalue weighted by Gasteiger charge is 2.21. The number of thiazole rings is 1. The number of benzene rings is 1. The molecule has 3 aromatic rings. The Morgan fingerprint density at radius 2 is 1.96 bits per heavy atom. The van der Waals surface area contributed by atoms with Crippen LogP contribution in [0.25, 0.3) is 10.4 Å². The molecule has 0 unspecified atom stereocenters. The van der Waals surface area contributed by atoms with E-state index in [2.05, 4.69) is 15.2 Å². The van der Waals surface area contributed by atoms with Crippen molar-refractivity contribution in [1.29, 1.82) is 0 Å². The number of non-ortho nitro benzene ring substituents is 1. The Hall–Kier alpha value is -2.29. The van der Waals surface area contributed by atoms with Crippen LogP contribution >= 0.6 is 34.5 Å². The maximum atomic E-state index is 12.6. The van der Waals surface area contributed by atoms with E-state index in [1.807, 2.05) is 0 Å². The summed E-state index contributed by atoms with van der Waals surface area (Å²) in [5.74, 6) is -0.368. The summed E-state index contributed by atoms with van der Waals surface area (Å²) in [5.41, 5.74) is 0.875. The van der Waals surface area contributed by atoms with Gasteiger partial charge in [0.2, 0.25) is 5.78 Å². The first kappa shape index (κ1) is 15.6. The summed E-state index contributed by atoms with van der Waals surface area (Å²) >= 11 is 12.9. The Bertz CT molecular complexity index is 904. The number of nitrogens with one attached hydrogen (secondary N) is 1. The first-order chi connectivity index (χ1) is 11.0. The Morgan fingerprint density at radius 1 is 1.26 bits per heavy atom. The van der Waals surface area contributed by atoms with Gasteiger partial charge in [0.15, 0.2) is 4.47 Å². The van der Waals surface area contributed by atoms with Crippen molar-refractivity contribution in [2.45, 2.75) is 0 Å².